The van der Waals surface area contributed by atoms with E-state index in [1.165, 1.54) is 65.9 Å². The number of nitrogens with zero attached hydrogens (tertiary/aromatic N) is 3. The molecule has 0 bridgehead atoms. The summed E-state index contributed by atoms with van der Waals surface area (Å²) < 4.78 is 11.0. The number of para-hydroxylation sites is 2. The van der Waals surface area contributed by atoms with Crippen molar-refractivity contribution in [2.24, 2.45) is 0 Å². The van der Waals surface area contributed by atoms with Crippen LogP contribution in [0, 0.1) is 6.57 Å². The Labute approximate surface area is 285 Å². The molecule has 4 nitrogen and oxygen atoms in total. The third-order valence-corrected chi connectivity index (χ3v) is 10.3. The molecule has 0 spiro atoms. The van der Waals surface area contributed by atoms with Crippen LogP contribution >= 0.6 is 0 Å². The minimum atomic E-state index is 0.661. The summed E-state index contributed by atoms with van der Waals surface area (Å²) in [5.74, 6) is 0. The quantitative estimate of drug-likeness (QED) is 0.115. The maximum atomic E-state index is 7.62. The predicted octanol–water partition coefficient (Wildman–Crippen LogP) is 13.2. The van der Waals surface area contributed by atoms with Gasteiger partial charge in [-0.05, 0) is 96.6 Å². The molecule has 0 N–H and O–H groups in total. The van der Waals surface area contributed by atoms with Crippen molar-refractivity contribution in [3.8, 4) is 11.4 Å². The van der Waals surface area contributed by atoms with E-state index < -0.39 is 0 Å². The van der Waals surface area contributed by atoms with Gasteiger partial charge >= 0.3 is 0 Å². The third kappa shape index (κ3) is 4.88. The molecule has 0 amide bonds. The third-order valence-electron chi connectivity index (χ3n) is 10.3. The van der Waals surface area contributed by atoms with E-state index in [0.717, 1.165) is 61.5 Å². The minimum Gasteiger partial charge on any atom is -0.456 e. The largest absolute Gasteiger partial charge is 0.456 e. The van der Waals surface area contributed by atoms with Gasteiger partial charge in [0.1, 0.15) is 11.2 Å². The number of furan rings is 1. The van der Waals surface area contributed by atoms with E-state index in [-0.39, 0.29) is 0 Å². The minimum absolute atomic E-state index is 0.661. The number of fused-ring (bicyclic) bond motifs is 9. The Balaban J connectivity index is 1.24. The van der Waals surface area contributed by atoms with Crippen molar-refractivity contribution in [1.29, 1.82) is 0 Å². The van der Waals surface area contributed by atoms with Crippen LogP contribution in [0.3, 0.4) is 0 Å². The molecule has 6 aromatic carbocycles. The smallest absolute Gasteiger partial charge is 0.188 e. The number of unbranched alkanes of at least 4 members (excludes halogenated alkanes) is 5. The van der Waals surface area contributed by atoms with E-state index in [2.05, 4.69) is 118 Å². The number of benzene rings is 6. The second-order valence-electron chi connectivity index (χ2n) is 13.4. The Morgan fingerprint density at radius 3 is 1.92 bits per heavy atom. The molecule has 0 saturated carbocycles. The maximum Gasteiger partial charge on any atom is 0.188 e. The van der Waals surface area contributed by atoms with Gasteiger partial charge in [0.05, 0.1) is 28.6 Å². The number of aromatic nitrogens is 2. The normalized spacial score (nSPS) is 11.9. The number of rotatable bonds is 9. The topological polar surface area (TPSA) is 27.4 Å². The van der Waals surface area contributed by atoms with Crippen molar-refractivity contribution in [3.05, 3.63) is 138 Å². The van der Waals surface area contributed by atoms with E-state index in [1.54, 1.807) is 0 Å². The average Bonchev–Trinajstić information content (AvgIpc) is 3.79. The molecule has 0 atom stereocenters. The highest BCUT2D eigenvalue weighted by Crippen LogP contribution is 2.39. The first kappa shape index (κ1) is 29.4. The van der Waals surface area contributed by atoms with Crippen molar-refractivity contribution in [2.75, 3.05) is 0 Å². The van der Waals surface area contributed by atoms with Gasteiger partial charge in [0.2, 0.25) is 0 Å². The predicted molar refractivity (Wildman–Crippen MR) is 206 cm³/mol. The summed E-state index contributed by atoms with van der Waals surface area (Å²) in [5.41, 5.74) is 10.7. The summed E-state index contributed by atoms with van der Waals surface area (Å²) in [5, 5.41) is 7.03. The summed E-state index contributed by atoms with van der Waals surface area (Å²) >= 11 is 0. The fourth-order valence-corrected chi connectivity index (χ4v) is 7.90. The Kier molecular flexibility index (Phi) is 7.20. The van der Waals surface area contributed by atoms with Crippen LogP contribution in [-0.4, -0.2) is 9.13 Å². The molecule has 238 valence electrons. The van der Waals surface area contributed by atoms with Crippen LogP contribution in [0.4, 0.5) is 5.69 Å². The van der Waals surface area contributed by atoms with Gasteiger partial charge < -0.3 is 13.6 Å². The Morgan fingerprint density at radius 1 is 0.510 bits per heavy atom. The van der Waals surface area contributed by atoms with Gasteiger partial charge in [-0.15, -0.1) is 0 Å². The highest BCUT2D eigenvalue weighted by molar-refractivity contribution is 6.13. The molecular formula is C45H37N3O. The first-order valence-electron chi connectivity index (χ1n) is 17.6. The second kappa shape index (κ2) is 12.0. The molecule has 9 aromatic rings. The number of hydrogen-bond acceptors (Lipinski definition) is 1. The van der Waals surface area contributed by atoms with Crippen molar-refractivity contribution in [1.82, 2.24) is 9.13 Å². The van der Waals surface area contributed by atoms with Gasteiger partial charge in [0.25, 0.3) is 0 Å². The lowest BCUT2D eigenvalue weighted by Gasteiger charge is -2.10. The molecule has 3 aromatic heterocycles. The summed E-state index contributed by atoms with van der Waals surface area (Å²) in [7, 11) is 0. The van der Waals surface area contributed by atoms with Gasteiger partial charge in [0.15, 0.2) is 5.69 Å². The lowest BCUT2D eigenvalue weighted by molar-refractivity contribution is 0.607. The highest BCUT2D eigenvalue weighted by atomic mass is 16.3. The Morgan fingerprint density at radius 2 is 1.10 bits per heavy atom. The molecule has 0 aliphatic heterocycles. The number of hydrogen-bond donors (Lipinski definition) is 0. The number of aryl methyl sites for hydroxylation is 1. The Hall–Kier alpha value is -5.79. The standard InChI is InChI=1S/C45H37N3O/c1-3-4-5-6-7-8-13-30-18-22-41-36(26-30)38-28-32(47-40-16-11-9-14-34(40)37-27-31(46-2)19-23-42(37)47)20-24-43(38)48(41)33-21-25-45-39(29-33)35-15-10-12-17-44(35)49-45/h9-12,14-29H,3-8,13H2,1H3. The Bertz CT molecular complexity index is 2730. The van der Waals surface area contributed by atoms with Gasteiger partial charge in [0, 0.05) is 38.3 Å². The molecule has 4 heteroatoms. The van der Waals surface area contributed by atoms with Crippen LogP contribution < -0.4 is 0 Å². The summed E-state index contributed by atoms with van der Waals surface area (Å²) in [4.78, 5) is 3.73. The summed E-state index contributed by atoms with van der Waals surface area (Å²) in [6.45, 7) is 9.90. The molecule has 9 rings (SSSR count). The van der Waals surface area contributed by atoms with Gasteiger partial charge in [-0.2, -0.15) is 0 Å². The lowest BCUT2D eigenvalue weighted by Crippen LogP contribution is -1.96. The van der Waals surface area contributed by atoms with E-state index in [4.69, 9.17) is 11.0 Å². The zero-order valence-corrected chi connectivity index (χ0v) is 27.7. The molecule has 3 heterocycles. The van der Waals surface area contributed by atoms with Crippen molar-refractivity contribution in [2.45, 2.75) is 51.9 Å². The maximum absolute atomic E-state index is 7.62. The first-order chi connectivity index (χ1) is 24.2. The SMILES string of the molecule is [C-]#[N+]c1ccc2c(c1)c1ccccc1n2-c1ccc2c(c1)c1cc(CCCCCCCC)ccc1n2-c1ccc2oc3ccccc3c2c1. The van der Waals surface area contributed by atoms with Crippen LogP contribution in [0.25, 0.3) is 81.8 Å². The van der Waals surface area contributed by atoms with E-state index >= 15 is 0 Å². The molecule has 49 heavy (non-hydrogen) atoms. The second-order valence-corrected chi connectivity index (χ2v) is 13.4. The van der Waals surface area contributed by atoms with Crippen LogP contribution in [0.2, 0.25) is 0 Å². The van der Waals surface area contributed by atoms with Crippen LogP contribution in [0.1, 0.15) is 51.0 Å². The molecule has 0 unspecified atom stereocenters. The van der Waals surface area contributed by atoms with E-state index in [0.29, 0.717) is 5.69 Å². The van der Waals surface area contributed by atoms with Gasteiger partial charge in [-0.25, -0.2) is 4.85 Å². The van der Waals surface area contributed by atoms with Crippen LogP contribution in [0.5, 0.6) is 0 Å². The van der Waals surface area contributed by atoms with Crippen LogP contribution in [0.15, 0.2) is 126 Å². The van der Waals surface area contributed by atoms with Crippen LogP contribution in [-0.2, 0) is 6.42 Å². The average molecular weight is 636 g/mol. The molecule has 0 saturated heterocycles. The van der Waals surface area contributed by atoms with E-state index in [1.807, 2.05) is 24.3 Å². The van der Waals surface area contributed by atoms with Crippen molar-refractivity contribution >= 4 is 71.2 Å². The molecule has 0 fully saturated rings. The first-order valence-corrected chi connectivity index (χ1v) is 17.6. The highest BCUT2D eigenvalue weighted by Gasteiger charge is 2.18. The monoisotopic (exact) mass is 635 g/mol. The fraction of sp³-hybridized carbons (Fsp3) is 0.178. The summed E-state index contributed by atoms with van der Waals surface area (Å²) in [6.07, 6.45) is 8.87. The zero-order chi connectivity index (χ0) is 32.9. The van der Waals surface area contributed by atoms with E-state index in [9.17, 15) is 0 Å². The zero-order valence-electron chi connectivity index (χ0n) is 27.7. The lowest BCUT2D eigenvalue weighted by atomic mass is 10.0. The molecule has 0 radical (unpaired) electrons. The molecular weight excluding hydrogens is 599 g/mol. The molecule has 0 aliphatic rings. The van der Waals surface area contributed by atoms with Crippen molar-refractivity contribution in [3.63, 3.8) is 0 Å². The fourth-order valence-electron chi connectivity index (χ4n) is 7.90. The van der Waals surface area contributed by atoms with Gasteiger partial charge in [-0.3, -0.25) is 0 Å². The van der Waals surface area contributed by atoms with Crippen molar-refractivity contribution < 1.29 is 4.42 Å². The molecule has 0 aliphatic carbocycles. The van der Waals surface area contributed by atoms with Gasteiger partial charge in [-0.1, -0.05) is 87.6 Å². The summed E-state index contributed by atoms with van der Waals surface area (Å²) in [6, 6.07) is 43.4.